The Balaban J connectivity index is 3.89. The van der Waals surface area contributed by atoms with Crippen LogP contribution in [0.25, 0.3) is 0 Å². The molecule has 0 atom stereocenters. The third-order valence-corrected chi connectivity index (χ3v) is 2.14. The average Bonchev–Trinajstić information content (AvgIpc) is 2.54. The van der Waals surface area contributed by atoms with Crippen molar-refractivity contribution in [2.75, 3.05) is 0 Å². The molecule has 0 unspecified atom stereocenters. The van der Waals surface area contributed by atoms with Gasteiger partial charge in [0.25, 0.3) is 0 Å². The molecule has 0 saturated heterocycles. The number of hydrogen-bond acceptors (Lipinski definition) is 0. The van der Waals surface area contributed by atoms with Gasteiger partial charge in [-0.15, -0.1) is 0 Å². The van der Waals surface area contributed by atoms with Crippen LogP contribution in [-0.2, 0) is 0 Å². The van der Waals surface area contributed by atoms with Gasteiger partial charge in [-0.05, 0) is 0 Å². The van der Waals surface area contributed by atoms with E-state index in [2.05, 4.69) is 6.58 Å². The fraction of sp³-hybridized carbons (Fsp3) is 0. The van der Waals surface area contributed by atoms with Crippen LogP contribution in [0.2, 0.25) is 0 Å². The Labute approximate surface area is 135 Å². The standard InChI is InChI=1S/C22H23/c1-3-5-7-9-11-13-15-17-19-21-22-20-18-16-14-12-10-8-6-4-2/h1,3-22H,2H2/b3-1?,7-5+,8-6+,11-9+,12-10+,15-13+,16-14+,19-17+,20-18+,22-21+. The highest BCUT2D eigenvalue weighted by molar-refractivity contribution is 5.22. The predicted octanol–water partition coefficient (Wildman–Crippen LogP) is 6.17. The lowest BCUT2D eigenvalue weighted by molar-refractivity contribution is 1.82. The first-order chi connectivity index (χ1) is 10.9. The SMILES string of the molecule is [CH]=C/C=C/C=C/C=C/C=C/C=C/C=C/C=C/C=C/C=C/C=C. The smallest absolute Gasteiger partial charge is 0.0623 e. The Morgan fingerprint density at radius 1 is 0.364 bits per heavy atom. The molecule has 22 heavy (non-hydrogen) atoms. The zero-order valence-corrected chi connectivity index (χ0v) is 12.8. The summed E-state index contributed by atoms with van der Waals surface area (Å²) < 4.78 is 0. The van der Waals surface area contributed by atoms with Crippen LogP contribution in [0.3, 0.4) is 0 Å². The van der Waals surface area contributed by atoms with E-state index < -0.39 is 0 Å². The van der Waals surface area contributed by atoms with E-state index in [0.29, 0.717) is 0 Å². The zero-order chi connectivity index (χ0) is 16.1. The summed E-state index contributed by atoms with van der Waals surface area (Å²) in [5.41, 5.74) is 0. The van der Waals surface area contributed by atoms with Crippen molar-refractivity contribution in [3.63, 3.8) is 0 Å². The second kappa shape index (κ2) is 18.1. The Morgan fingerprint density at radius 2 is 0.591 bits per heavy atom. The molecule has 0 aliphatic rings. The first kappa shape index (κ1) is 19.1. The predicted molar refractivity (Wildman–Crippen MR) is 101 cm³/mol. The minimum atomic E-state index is 1.50. The summed E-state index contributed by atoms with van der Waals surface area (Å²) in [6.07, 6.45) is 38.2. The molecule has 0 aliphatic heterocycles. The highest BCUT2D eigenvalue weighted by Gasteiger charge is 1.64. The maximum absolute atomic E-state index is 5.20. The van der Waals surface area contributed by atoms with E-state index in [0.717, 1.165) is 0 Å². The van der Waals surface area contributed by atoms with Gasteiger partial charge in [0.05, 0.1) is 0 Å². The molecule has 0 bridgehead atoms. The van der Waals surface area contributed by atoms with Gasteiger partial charge in [0.2, 0.25) is 0 Å². The largest absolute Gasteiger partial charge is 0.0991 e. The monoisotopic (exact) mass is 287 g/mol. The molecular formula is C22H23. The summed E-state index contributed by atoms with van der Waals surface area (Å²) in [5.74, 6) is 0. The van der Waals surface area contributed by atoms with Crippen LogP contribution in [0, 0.1) is 6.58 Å². The molecule has 0 amide bonds. The Bertz CT molecular complexity index is 489. The van der Waals surface area contributed by atoms with Crippen LogP contribution < -0.4 is 0 Å². The average molecular weight is 287 g/mol. The maximum Gasteiger partial charge on any atom is -0.0623 e. The van der Waals surface area contributed by atoms with Gasteiger partial charge in [0.15, 0.2) is 0 Å². The molecule has 0 fully saturated rings. The molecular weight excluding hydrogens is 264 g/mol. The fourth-order valence-corrected chi connectivity index (χ4v) is 1.17. The summed E-state index contributed by atoms with van der Waals surface area (Å²) in [6, 6.07) is 0. The molecule has 1 radical (unpaired) electrons. The van der Waals surface area contributed by atoms with E-state index in [1.807, 2.05) is 103 Å². The van der Waals surface area contributed by atoms with E-state index >= 15 is 0 Å². The van der Waals surface area contributed by atoms with Gasteiger partial charge in [-0.2, -0.15) is 0 Å². The van der Waals surface area contributed by atoms with Gasteiger partial charge in [0, 0.05) is 0 Å². The lowest BCUT2D eigenvalue weighted by atomic mass is 10.3. The third kappa shape index (κ3) is 17.1. The van der Waals surface area contributed by atoms with Crippen molar-refractivity contribution in [1.29, 1.82) is 0 Å². The summed E-state index contributed by atoms with van der Waals surface area (Å²) in [5, 5.41) is 0. The molecule has 111 valence electrons. The lowest BCUT2D eigenvalue weighted by Gasteiger charge is -1.75. The molecule has 0 aliphatic carbocycles. The van der Waals surface area contributed by atoms with Gasteiger partial charge in [-0.25, -0.2) is 0 Å². The molecule has 0 rings (SSSR count). The third-order valence-electron chi connectivity index (χ3n) is 2.14. The first-order valence-electron chi connectivity index (χ1n) is 7.07. The van der Waals surface area contributed by atoms with Gasteiger partial charge in [-0.3, -0.25) is 0 Å². The van der Waals surface area contributed by atoms with Gasteiger partial charge in [0.1, 0.15) is 0 Å². The second-order valence-corrected chi connectivity index (χ2v) is 3.89. The van der Waals surface area contributed by atoms with E-state index in [1.54, 1.807) is 12.2 Å². The second-order valence-electron chi connectivity index (χ2n) is 3.89. The van der Waals surface area contributed by atoms with Crippen molar-refractivity contribution in [1.82, 2.24) is 0 Å². The molecule has 0 saturated carbocycles. The summed E-state index contributed by atoms with van der Waals surface area (Å²) in [7, 11) is 0. The Kier molecular flexibility index (Phi) is 15.8. The number of allylic oxidation sites excluding steroid dienone is 20. The van der Waals surface area contributed by atoms with Crippen LogP contribution in [0.15, 0.2) is 128 Å². The normalized spacial score (nSPS) is 14.0. The van der Waals surface area contributed by atoms with Crippen LogP contribution in [-0.4, -0.2) is 0 Å². The van der Waals surface area contributed by atoms with Crippen molar-refractivity contribution in [3.05, 3.63) is 135 Å². The molecule has 0 aromatic carbocycles. The molecule has 0 heterocycles. The van der Waals surface area contributed by atoms with Gasteiger partial charge < -0.3 is 0 Å². The van der Waals surface area contributed by atoms with E-state index in [4.69, 9.17) is 6.58 Å². The van der Waals surface area contributed by atoms with Gasteiger partial charge >= 0.3 is 0 Å². The Hall–Kier alpha value is -2.86. The maximum atomic E-state index is 5.20. The quantitative estimate of drug-likeness (QED) is 0.422. The van der Waals surface area contributed by atoms with Gasteiger partial charge in [-0.1, -0.05) is 135 Å². The van der Waals surface area contributed by atoms with Crippen LogP contribution in [0.4, 0.5) is 0 Å². The molecule has 0 spiro atoms. The highest BCUT2D eigenvalue weighted by Crippen LogP contribution is 1.86. The summed E-state index contributed by atoms with van der Waals surface area (Å²) in [4.78, 5) is 0. The zero-order valence-electron chi connectivity index (χ0n) is 12.8. The molecule has 0 heteroatoms. The minimum absolute atomic E-state index is 1.50. The fourth-order valence-electron chi connectivity index (χ4n) is 1.17. The van der Waals surface area contributed by atoms with Crippen molar-refractivity contribution in [2.45, 2.75) is 0 Å². The molecule has 0 aromatic rings. The highest BCUT2D eigenvalue weighted by atomic mass is 13.7. The molecule has 0 aromatic heterocycles. The first-order valence-corrected chi connectivity index (χ1v) is 7.07. The Morgan fingerprint density at radius 3 is 0.818 bits per heavy atom. The lowest BCUT2D eigenvalue weighted by Crippen LogP contribution is -1.54. The topological polar surface area (TPSA) is 0 Å². The summed E-state index contributed by atoms with van der Waals surface area (Å²) >= 11 is 0. The van der Waals surface area contributed by atoms with E-state index in [1.165, 1.54) is 6.08 Å². The van der Waals surface area contributed by atoms with Crippen molar-refractivity contribution < 1.29 is 0 Å². The molecule has 0 nitrogen and oxygen atoms in total. The van der Waals surface area contributed by atoms with Crippen molar-refractivity contribution in [2.24, 2.45) is 0 Å². The van der Waals surface area contributed by atoms with E-state index in [-0.39, 0.29) is 0 Å². The number of rotatable bonds is 10. The number of hydrogen-bond donors (Lipinski definition) is 0. The van der Waals surface area contributed by atoms with E-state index in [9.17, 15) is 0 Å². The van der Waals surface area contributed by atoms with Crippen LogP contribution >= 0.6 is 0 Å². The summed E-state index contributed by atoms with van der Waals surface area (Å²) in [6.45, 7) is 8.80. The molecule has 0 N–H and O–H groups in total. The van der Waals surface area contributed by atoms with Crippen LogP contribution in [0.1, 0.15) is 0 Å². The minimum Gasteiger partial charge on any atom is -0.0991 e. The van der Waals surface area contributed by atoms with Crippen molar-refractivity contribution >= 4 is 0 Å². The van der Waals surface area contributed by atoms with Crippen LogP contribution in [0.5, 0.6) is 0 Å². The van der Waals surface area contributed by atoms with Crippen molar-refractivity contribution in [3.8, 4) is 0 Å².